The van der Waals surface area contributed by atoms with Gasteiger partial charge in [-0.3, -0.25) is 4.79 Å². The molecule has 0 aliphatic rings. The first-order chi connectivity index (χ1) is 8.13. The van der Waals surface area contributed by atoms with Crippen molar-refractivity contribution in [2.45, 2.75) is 0 Å². The molecule has 0 saturated carbocycles. The van der Waals surface area contributed by atoms with Crippen molar-refractivity contribution in [2.75, 3.05) is 0 Å². The summed E-state index contributed by atoms with van der Waals surface area (Å²) in [6.07, 6.45) is 0.409. The van der Waals surface area contributed by atoms with Crippen molar-refractivity contribution in [3.05, 3.63) is 53.5 Å². The number of benzene rings is 1. The van der Waals surface area contributed by atoms with E-state index in [0.29, 0.717) is 6.29 Å². The molecule has 17 heavy (non-hydrogen) atoms. The van der Waals surface area contributed by atoms with E-state index in [9.17, 15) is 18.0 Å². The summed E-state index contributed by atoms with van der Waals surface area (Å²) in [7, 11) is 0. The molecule has 0 N–H and O–H groups in total. The number of pyridine rings is 1. The Morgan fingerprint density at radius 1 is 1.06 bits per heavy atom. The average Bonchev–Trinajstić information content (AvgIpc) is 2.33. The van der Waals surface area contributed by atoms with Crippen LogP contribution in [-0.2, 0) is 0 Å². The lowest BCUT2D eigenvalue weighted by Gasteiger charge is -2.05. The zero-order valence-corrected chi connectivity index (χ0v) is 8.45. The molecular formula is C12H6F3NO. The Bertz CT molecular complexity index is 584. The summed E-state index contributed by atoms with van der Waals surface area (Å²) >= 11 is 0. The summed E-state index contributed by atoms with van der Waals surface area (Å²) in [6.45, 7) is 0. The molecule has 0 radical (unpaired) electrons. The summed E-state index contributed by atoms with van der Waals surface area (Å²) in [5.41, 5.74) is -0.459. The van der Waals surface area contributed by atoms with Crippen LogP contribution in [0, 0.1) is 17.6 Å². The number of aromatic nitrogens is 1. The highest BCUT2D eigenvalue weighted by Gasteiger charge is 2.15. The van der Waals surface area contributed by atoms with Crippen LogP contribution in [0.25, 0.3) is 11.3 Å². The van der Waals surface area contributed by atoms with Gasteiger partial charge in [-0.15, -0.1) is 0 Å². The van der Waals surface area contributed by atoms with E-state index in [-0.39, 0.29) is 16.8 Å². The highest BCUT2D eigenvalue weighted by molar-refractivity contribution is 5.85. The third-order valence-corrected chi connectivity index (χ3v) is 2.23. The van der Waals surface area contributed by atoms with E-state index in [1.54, 1.807) is 0 Å². The molecule has 1 aromatic carbocycles. The van der Waals surface area contributed by atoms with E-state index in [2.05, 4.69) is 4.98 Å². The molecule has 86 valence electrons. The van der Waals surface area contributed by atoms with Crippen molar-refractivity contribution in [3.8, 4) is 11.3 Å². The minimum atomic E-state index is -1.16. The van der Waals surface area contributed by atoms with Crippen LogP contribution in [0.5, 0.6) is 0 Å². The van der Waals surface area contributed by atoms with E-state index in [4.69, 9.17) is 0 Å². The fourth-order valence-corrected chi connectivity index (χ4v) is 1.44. The number of hydrogen-bond acceptors (Lipinski definition) is 2. The number of aldehydes is 1. The van der Waals surface area contributed by atoms with Gasteiger partial charge < -0.3 is 0 Å². The molecule has 1 aromatic heterocycles. The van der Waals surface area contributed by atoms with Gasteiger partial charge in [0.1, 0.15) is 0 Å². The van der Waals surface area contributed by atoms with Crippen LogP contribution >= 0.6 is 0 Å². The third kappa shape index (κ3) is 2.04. The van der Waals surface area contributed by atoms with Gasteiger partial charge in [-0.05, 0) is 24.3 Å². The second-order valence-electron chi connectivity index (χ2n) is 3.29. The fourth-order valence-electron chi connectivity index (χ4n) is 1.44. The quantitative estimate of drug-likeness (QED) is 0.593. The Hall–Kier alpha value is -2.17. The fraction of sp³-hybridized carbons (Fsp3) is 0. The zero-order chi connectivity index (χ0) is 12.4. The van der Waals surface area contributed by atoms with E-state index >= 15 is 0 Å². The van der Waals surface area contributed by atoms with Crippen LogP contribution in [0.1, 0.15) is 10.4 Å². The second-order valence-corrected chi connectivity index (χ2v) is 3.29. The van der Waals surface area contributed by atoms with Crippen LogP contribution in [0.2, 0.25) is 0 Å². The standard InChI is InChI=1S/C12H6F3NO/c13-9-3-1-2-8(11(9)15)12-7(6-17)4-5-10(14)16-12/h1-6H. The van der Waals surface area contributed by atoms with Crippen LogP contribution in [0.3, 0.4) is 0 Å². The molecule has 0 aliphatic carbocycles. The topological polar surface area (TPSA) is 30.0 Å². The van der Waals surface area contributed by atoms with Gasteiger partial charge >= 0.3 is 0 Å². The summed E-state index contributed by atoms with van der Waals surface area (Å²) < 4.78 is 39.5. The SMILES string of the molecule is O=Cc1ccc(F)nc1-c1cccc(F)c1F. The Labute approximate surface area is 94.7 Å². The van der Waals surface area contributed by atoms with Crippen molar-refractivity contribution in [3.63, 3.8) is 0 Å². The summed E-state index contributed by atoms with van der Waals surface area (Å²) in [6, 6.07) is 5.56. The summed E-state index contributed by atoms with van der Waals surface area (Å²) in [5.74, 6) is -3.10. The number of carbonyl (C=O) groups is 1. The van der Waals surface area contributed by atoms with E-state index in [0.717, 1.165) is 18.2 Å². The molecule has 0 fully saturated rings. The van der Waals surface area contributed by atoms with Crippen LogP contribution in [0.4, 0.5) is 13.2 Å². The van der Waals surface area contributed by atoms with Crippen molar-refractivity contribution >= 4 is 6.29 Å². The van der Waals surface area contributed by atoms with Gasteiger partial charge in [0.05, 0.1) is 5.69 Å². The van der Waals surface area contributed by atoms with Gasteiger partial charge in [-0.2, -0.15) is 4.39 Å². The molecule has 5 heteroatoms. The Morgan fingerprint density at radius 2 is 1.82 bits per heavy atom. The van der Waals surface area contributed by atoms with Gasteiger partial charge in [-0.25, -0.2) is 13.8 Å². The maximum atomic E-state index is 13.5. The van der Waals surface area contributed by atoms with E-state index in [1.807, 2.05) is 0 Å². The Morgan fingerprint density at radius 3 is 2.53 bits per heavy atom. The predicted molar refractivity (Wildman–Crippen MR) is 54.9 cm³/mol. The monoisotopic (exact) mass is 237 g/mol. The normalized spacial score (nSPS) is 10.3. The second kappa shape index (κ2) is 4.37. The van der Waals surface area contributed by atoms with Gasteiger partial charge in [0.25, 0.3) is 0 Å². The lowest BCUT2D eigenvalue weighted by Crippen LogP contribution is -1.98. The zero-order valence-electron chi connectivity index (χ0n) is 8.45. The van der Waals surface area contributed by atoms with Crippen LogP contribution < -0.4 is 0 Å². The molecule has 0 aliphatic heterocycles. The number of halogens is 3. The van der Waals surface area contributed by atoms with Gasteiger partial charge in [-0.1, -0.05) is 6.07 Å². The van der Waals surface area contributed by atoms with Crippen LogP contribution in [0.15, 0.2) is 30.3 Å². The maximum Gasteiger partial charge on any atom is 0.213 e. The van der Waals surface area contributed by atoms with Crippen molar-refractivity contribution in [1.29, 1.82) is 0 Å². The largest absolute Gasteiger partial charge is 0.298 e. The Balaban J connectivity index is 2.71. The lowest BCUT2D eigenvalue weighted by molar-refractivity contribution is 0.112. The minimum Gasteiger partial charge on any atom is -0.298 e. The third-order valence-electron chi connectivity index (χ3n) is 2.23. The number of hydrogen-bond donors (Lipinski definition) is 0. The molecule has 0 amide bonds. The molecule has 2 rings (SSSR count). The molecule has 0 bridgehead atoms. The maximum absolute atomic E-state index is 13.5. The summed E-state index contributed by atoms with van der Waals surface area (Å²) in [5, 5.41) is 0. The van der Waals surface area contributed by atoms with E-state index < -0.39 is 17.6 Å². The van der Waals surface area contributed by atoms with Crippen molar-refractivity contribution in [2.24, 2.45) is 0 Å². The van der Waals surface area contributed by atoms with Crippen LogP contribution in [-0.4, -0.2) is 11.3 Å². The molecular weight excluding hydrogens is 231 g/mol. The number of carbonyl (C=O) groups excluding carboxylic acids is 1. The minimum absolute atomic E-state index is 0.00380. The smallest absolute Gasteiger partial charge is 0.213 e. The Kier molecular flexibility index (Phi) is 2.91. The van der Waals surface area contributed by atoms with Gasteiger partial charge in [0, 0.05) is 11.1 Å². The molecule has 1 heterocycles. The number of nitrogens with zero attached hydrogens (tertiary/aromatic N) is 1. The molecule has 2 nitrogen and oxygen atoms in total. The highest BCUT2D eigenvalue weighted by Crippen LogP contribution is 2.25. The average molecular weight is 237 g/mol. The first-order valence-electron chi connectivity index (χ1n) is 4.69. The van der Waals surface area contributed by atoms with Gasteiger partial charge in [0.15, 0.2) is 17.9 Å². The van der Waals surface area contributed by atoms with Crippen molar-refractivity contribution < 1.29 is 18.0 Å². The first-order valence-corrected chi connectivity index (χ1v) is 4.69. The highest BCUT2D eigenvalue weighted by atomic mass is 19.2. The molecule has 0 saturated heterocycles. The predicted octanol–water partition coefficient (Wildman–Crippen LogP) is 2.98. The van der Waals surface area contributed by atoms with Crippen molar-refractivity contribution in [1.82, 2.24) is 4.98 Å². The summed E-state index contributed by atoms with van der Waals surface area (Å²) in [4.78, 5) is 14.1. The molecule has 2 aromatic rings. The number of rotatable bonds is 2. The molecule has 0 atom stereocenters. The molecule has 0 spiro atoms. The van der Waals surface area contributed by atoms with Gasteiger partial charge in [0.2, 0.25) is 5.95 Å². The van der Waals surface area contributed by atoms with E-state index in [1.165, 1.54) is 12.1 Å². The molecule has 0 unspecified atom stereocenters. The lowest BCUT2D eigenvalue weighted by atomic mass is 10.1. The first kappa shape index (κ1) is 11.3.